The average Bonchev–Trinajstić information content (AvgIpc) is 3.19. The molecule has 0 aliphatic rings. The molecule has 154 valence electrons. The molecule has 0 radical (unpaired) electrons. The van der Waals surface area contributed by atoms with Crippen LogP contribution in [0, 0.1) is 0 Å². The standard InChI is InChI=1S/C22H21N3O4S/c1-28-21-11-10-19(12-22(21)29-2)30(26,27)24-18-13-23-25(15-18)14-17-8-5-7-16-6-3-4-9-20(16)17/h3-13,15,24H,14H2,1-2H3. The number of sulfonamides is 1. The van der Waals surface area contributed by atoms with E-state index in [4.69, 9.17) is 9.47 Å². The monoisotopic (exact) mass is 423 g/mol. The second-order valence-electron chi connectivity index (χ2n) is 6.69. The van der Waals surface area contributed by atoms with Gasteiger partial charge in [0.05, 0.1) is 37.5 Å². The van der Waals surface area contributed by atoms with Gasteiger partial charge in [-0.1, -0.05) is 42.5 Å². The molecule has 0 atom stereocenters. The fourth-order valence-corrected chi connectivity index (χ4v) is 4.35. The Balaban J connectivity index is 1.55. The lowest BCUT2D eigenvalue weighted by Gasteiger charge is -2.10. The Bertz CT molecular complexity index is 1290. The van der Waals surface area contributed by atoms with E-state index in [1.807, 2.05) is 24.3 Å². The quantitative estimate of drug-likeness (QED) is 0.487. The van der Waals surface area contributed by atoms with Gasteiger partial charge in [-0.05, 0) is 28.5 Å². The first-order valence-electron chi connectivity index (χ1n) is 9.24. The van der Waals surface area contributed by atoms with Crippen LogP contribution in [0.2, 0.25) is 0 Å². The van der Waals surface area contributed by atoms with Crippen LogP contribution >= 0.6 is 0 Å². The van der Waals surface area contributed by atoms with Crippen molar-refractivity contribution in [1.29, 1.82) is 0 Å². The topological polar surface area (TPSA) is 82.5 Å². The third-order valence-electron chi connectivity index (χ3n) is 4.76. The summed E-state index contributed by atoms with van der Waals surface area (Å²) in [6, 6.07) is 18.7. The molecule has 30 heavy (non-hydrogen) atoms. The third-order valence-corrected chi connectivity index (χ3v) is 6.14. The number of ether oxygens (including phenoxy) is 2. The normalized spacial score (nSPS) is 11.4. The molecule has 0 unspecified atom stereocenters. The lowest BCUT2D eigenvalue weighted by atomic mass is 10.0. The summed E-state index contributed by atoms with van der Waals surface area (Å²) in [5.74, 6) is 0.798. The van der Waals surface area contributed by atoms with E-state index in [2.05, 4.69) is 28.0 Å². The summed E-state index contributed by atoms with van der Waals surface area (Å²) in [6.07, 6.45) is 3.16. The van der Waals surface area contributed by atoms with Gasteiger partial charge >= 0.3 is 0 Å². The zero-order valence-electron chi connectivity index (χ0n) is 16.6. The predicted molar refractivity (Wildman–Crippen MR) is 116 cm³/mol. The number of nitrogens with zero attached hydrogens (tertiary/aromatic N) is 2. The van der Waals surface area contributed by atoms with Gasteiger partial charge < -0.3 is 9.47 Å². The molecular formula is C22H21N3O4S. The molecule has 3 aromatic carbocycles. The van der Waals surface area contributed by atoms with Crippen LogP contribution in [0.1, 0.15) is 5.56 Å². The number of methoxy groups -OCH3 is 2. The van der Waals surface area contributed by atoms with Crippen molar-refractivity contribution in [1.82, 2.24) is 9.78 Å². The number of benzene rings is 3. The molecule has 0 spiro atoms. The van der Waals surface area contributed by atoms with Crippen molar-refractivity contribution in [2.45, 2.75) is 11.4 Å². The van der Waals surface area contributed by atoms with Crippen LogP contribution in [-0.2, 0) is 16.6 Å². The summed E-state index contributed by atoms with van der Waals surface area (Å²) < 4.78 is 40.1. The zero-order chi connectivity index (χ0) is 21.1. The van der Waals surface area contributed by atoms with Crippen LogP contribution in [0.25, 0.3) is 10.8 Å². The summed E-state index contributed by atoms with van der Waals surface area (Å²) in [7, 11) is -0.852. The van der Waals surface area contributed by atoms with Crippen molar-refractivity contribution < 1.29 is 17.9 Å². The van der Waals surface area contributed by atoms with E-state index >= 15 is 0 Å². The van der Waals surface area contributed by atoms with Gasteiger partial charge in [0.1, 0.15) is 0 Å². The van der Waals surface area contributed by atoms with E-state index in [0.717, 1.165) is 16.3 Å². The molecular weight excluding hydrogens is 402 g/mol. The molecule has 7 nitrogen and oxygen atoms in total. The SMILES string of the molecule is COc1ccc(S(=O)(=O)Nc2cnn(Cc3cccc4ccccc34)c2)cc1OC. The largest absolute Gasteiger partial charge is 0.493 e. The average molecular weight is 423 g/mol. The third kappa shape index (κ3) is 3.95. The zero-order valence-corrected chi connectivity index (χ0v) is 17.4. The van der Waals surface area contributed by atoms with E-state index in [9.17, 15) is 8.42 Å². The van der Waals surface area contributed by atoms with Gasteiger partial charge in [-0.15, -0.1) is 0 Å². The maximum atomic E-state index is 12.8. The fourth-order valence-electron chi connectivity index (χ4n) is 3.31. The van der Waals surface area contributed by atoms with Crippen LogP contribution in [0.15, 0.2) is 78.0 Å². The molecule has 4 rings (SSSR count). The van der Waals surface area contributed by atoms with E-state index in [1.165, 1.54) is 32.5 Å². The molecule has 4 aromatic rings. The minimum Gasteiger partial charge on any atom is -0.493 e. The van der Waals surface area contributed by atoms with Crippen LogP contribution in [0.3, 0.4) is 0 Å². The summed E-state index contributed by atoms with van der Waals surface area (Å²) in [5.41, 5.74) is 1.48. The smallest absolute Gasteiger partial charge is 0.262 e. The van der Waals surface area contributed by atoms with Crippen molar-refractivity contribution in [2.75, 3.05) is 18.9 Å². The van der Waals surface area contributed by atoms with Crippen molar-refractivity contribution in [3.05, 3.63) is 78.6 Å². The highest BCUT2D eigenvalue weighted by Gasteiger charge is 2.18. The predicted octanol–water partition coefficient (Wildman–Crippen LogP) is 3.90. The van der Waals surface area contributed by atoms with Gasteiger partial charge in [-0.25, -0.2) is 8.42 Å². The Morgan fingerprint density at radius 1 is 0.967 bits per heavy atom. The highest BCUT2D eigenvalue weighted by Crippen LogP contribution is 2.30. The van der Waals surface area contributed by atoms with E-state index in [-0.39, 0.29) is 4.90 Å². The number of hydrogen-bond donors (Lipinski definition) is 1. The maximum absolute atomic E-state index is 12.8. The summed E-state index contributed by atoms with van der Waals surface area (Å²) in [4.78, 5) is 0.0713. The van der Waals surface area contributed by atoms with Gasteiger partial charge in [0.15, 0.2) is 11.5 Å². The highest BCUT2D eigenvalue weighted by atomic mass is 32.2. The van der Waals surface area contributed by atoms with Crippen molar-refractivity contribution in [3.63, 3.8) is 0 Å². The Hall–Kier alpha value is -3.52. The lowest BCUT2D eigenvalue weighted by Crippen LogP contribution is -2.12. The van der Waals surface area contributed by atoms with Gasteiger partial charge in [-0.2, -0.15) is 5.10 Å². The molecule has 0 fully saturated rings. The second-order valence-corrected chi connectivity index (χ2v) is 8.37. The molecule has 1 heterocycles. The highest BCUT2D eigenvalue weighted by molar-refractivity contribution is 7.92. The van der Waals surface area contributed by atoms with E-state index < -0.39 is 10.0 Å². The Morgan fingerprint density at radius 3 is 2.53 bits per heavy atom. The van der Waals surface area contributed by atoms with Gasteiger partial charge in [0, 0.05) is 12.3 Å². The van der Waals surface area contributed by atoms with Crippen LogP contribution in [-0.4, -0.2) is 32.4 Å². The number of fused-ring (bicyclic) bond motifs is 1. The fraction of sp³-hybridized carbons (Fsp3) is 0.136. The Morgan fingerprint density at radius 2 is 1.73 bits per heavy atom. The second kappa shape index (κ2) is 8.08. The molecule has 1 aromatic heterocycles. The Labute approximate surface area is 174 Å². The van der Waals surface area contributed by atoms with Crippen LogP contribution in [0.4, 0.5) is 5.69 Å². The van der Waals surface area contributed by atoms with Gasteiger partial charge in [-0.3, -0.25) is 9.40 Å². The first-order valence-corrected chi connectivity index (χ1v) is 10.7. The maximum Gasteiger partial charge on any atom is 0.262 e. The van der Waals surface area contributed by atoms with Gasteiger partial charge in [0.25, 0.3) is 10.0 Å². The molecule has 0 aliphatic carbocycles. The number of aromatic nitrogens is 2. The van der Waals surface area contributed by atoms with E-state index in [0.29, 0.717) is 23.7 Å². The minimum atomic E-state index is -3.80. The first-order chi connectivity index (χ1) is 14.5. The van der Waals surface area contributed by atoms with Crippen molar-refractivity contribution >= 4 is 26.5 Å². The number of nitrogens with one attached hydrogen (secondary N) is 1. The van der Waals surface area contributed by atoms with E-state index in [1.54, 1.807) is 16.9 Å². The van der Waals surface area contributed by atoms with Crippen LogP contribution < -0.4 is 14.2 Å². The molecule has 0 saturated heterocycles. The molecule has 0 aliphatic heterocycles. The molecule has 0 saturated carbocycles. The van der Waals surface area contributed by atoms with Crippen LogP contribution in [0.5, 0.6) is 11.5 Å². The molecule has 0 bridgehead atoms. The van der Waals surface area contributed by atoms with Crippen molar-refractivity contribution in [2.24, 2.45) is 0 Å². The summed E-state index contributed by atoms with van der Waals surface area (Å²) >= 11 is 0. The first kappa shape index (κ1) is 19.8. The summed E-state index contributed by atoms with van der Waals surface area (Å²) in [5, 5.41) is 6.59. The van der Waals surface area contributed by atoms with Crippen molar-refractivity contribution in [3.8, 4) is 11.5 Å². The minimum absolute atomic E-state index is 0.0713. The Kier molecular flexibility index (Phi) is 5.33. The summed E-state index contributed by atoms with van der Waals surface area (Å²) in [6.45, 7) is 0.527. The molecule has 1 N–H and O–H groups in total. The molecule has 8 heteroatoms. The number of rotatable bonds is 7. The number of hydrogen-bond acceptors (Lipinski definition) is 5. The molecule has 0 amide bonds. The lowest BCUT2D eigenvalue weighted by molar-refractivity contribution is 0.354. The number of anilines is 1. The van der Waals surface area contributed by atoms with Gasteiger partial charge in [0.2, 0.25) is 0 Å².